The van der Waals surface area contributed by atoms with Crippen molar-refractivity contribution in [1.29, 1.82) is 0 Å². The summed E-state index contributed by atoms with van der Waals surface area (Å²) < 4.78 is 20.9. The molecular weight excluding hydrogens is 448 g/mol. The quantitative estimate of drug-likeness (QED) is 0.636. The average Bonchev–Trinajstić information content (AvgIpc) is 2.45. The predicted molar refractivity (Wildman–Crippen MR) is 95.3 cm³/mol. The van der Waals surface area contributed by atoms with E-state index in [0.29, 0.717) is 6.61 Å². The molecule has 0 bridgehead atoms. The van der Waals surface area contributed by atoms with Crippen LogP contribution >= 0.6 is 38.5 Å². The summed E-state index contributed by atoms with van der Waals surface area (Å²) >= 11 is 5.66. The maximum absolute atomic E-state index is 13.3. The van der Waals surface area contributed by atoms with Gasteiger partial charge in [0.2, 0.25) is 0 Å². The SMILES string of the molecule is CCOc1ccc(Br)cc1C(NC)c1ccc(F)cc1I. The standard InChI is InChI=1S/C16H16BrFINO/c1-3-21-15-7-4-10(17)8-13(15)16(20-2)12-6-5-11(18)9-14(12)19/h4-9,16,20H,3H2,1-2H3. The first kappa shape index (κ1) is 16.7. The third kappa shape index (κ3) is 3.96. The molecule has 1 N–H and O–H groups in total. The van der Waals surface area contributed by atoms with Crippen LogP contribution in [0.15, 0.2) is 40.9 Å². The molecule has 5 heteroatoms. The van der Waals surface area contributed by atoms with Gasteiger partial charge in [-0.05, 0) is 72.5 Å². The minimum Gasteiger partial charge on any atom is -0.494 e. The van der Waals surface area contributed by atoms with E-state index in [1.165, 1.54) is 6.07 Å². The maximum atomic E-state index is 13.3. The maximum Gasteiger partial charge on any atom is 0.124 e. The van der Waals surface area contributed by atoms with Crippen LogP contribution < -0.4 is 10.1 Å². The van der Waals surface area contributed by atoms with E-state index in [1.54, 1.807) is 6.07 Å². The molecule has 0 amide bonds. The zero-order valence-corrected chi connectivity index (χ0v) is 15.5. The van der Waals surface area contributed by atoms with E-state index < -0.39 is 0 Å². The number of benzene rings is 2. The Balaban J connectivity index is 2.52. The zero-order valence-electron chi connectivity index (χ0n) is 11.8. The molecule has 0 spiro atoms. The van der Waals surface area contributed by atoms with Gasteiger partial charge in [-0.1, -0.05) is 22.0 Å². The van der Waals surface area contributed by atoms with E-state index >= 15 is 0 Å². The highest BCUT2D eigenvalue weighted by atomic mass is 127. The number of halogens is 3. The van der Waals surface area contributed by atoms with E-state index in [-0.39, 0.29) is 11.9 Å². The monoisotopic (exact) mass is 463 g/mol. The van der Waals surface area contributed by atoms with Gasteiger partial charge in [0.05, 0.1) is 12.6 Å². The molecule has 0 fully saturated rings. The van der Waals surface area contributed by atoms with Crippen molar-refractivity contribution >= 4 is 38.5 Å². The van der Waals surface area contributed by atoms with Gasteiger partial charge in [0.25, 0.3) is 0 Å². The summed E-state index contributed by atoms with van der Waals surface area (Å²) in [7, 11) is 1.89. The van der Waals surface area contributed by atoms with Crippen LogP contribution in [0.3, 0.4) is 0 Å². The minimum absolute atomic E-state index is 0.0588. The Morgan fingerprint density at radius 3 is 2.62 bits per heavy atom. The number of hydrogen-bond acceptors (Lipinski definition) is 2. The van der Waals surface area contributed by atoms with E-state index in [2.05, 4.69) is 43.8 Å². The number of nitrogens with one attached hydrogen (secondary N) is 1. The van der Waals surface area contributed by atoms with Crippen molar-refractivity contribution in [3.63, 3.8) is 0 Å². The van der Waals surface area contributed by atoms with Gasteiger partial charge in [0.15, 0.2) is 0 Å². The molecule has 0 saturated heterocycles. The molecule has 0 radical (unpaired) electrons. The summed E-state index contributed by atoms with van der Waals surface area (Å²) in [5.74, 6) is 0.609. The second-order valence-corrected chi connectivity index (χ2v) is 6.58. The Bertz CT molecular complexity index is 636. The second-order valence-electron chi connectivity index (χ2n) is 4.50. The fourth-order valence-corrected chi connectivity index (χ4v) is 3.41. The van der Waals surface area contributed by atoms with E-state index in [1.807, 2.05) is 38.2 Å². The smallest absolute Gasteiger partial charge is 0.124 e. The average molecular weight is 464 g/mol. The molecule has 2 aromatic carbocycles. The summed E-state index contributed by atoms with van der Waals surface area (Å²) in [6, 6.07) is 10.7. The molecule has 0 saturated carbocycles. The Kier molecular flexibility index (Phi) is 6.01. The van der Waals surface area contributed by atoms with Gasteiger partial charge in [-0.3, -0.25) is 0 Å². The van der Waals surface area contributed by atoms with Gasteiger partial charge in [-0.25, -0.2) is 4.39 Å². The first-order valence-corrected chi connectivity index (χ1v) is 8.48. The lowest BCUT2D eigenvalue weighted by molar-refractivity contribution is 0.334. The van der Waals surface area contributed by atoms with Crippen LogP contribution in [0.4, 0.5) is 4.39 Å². The van der Waals surface area contributed by atoms with Crippen LogP contribution in [0.25, 0.3) is 0 Å². The van der Waals surface area contributed by atoms with Gasteiger partial charge in [0, 0.05) is 13.6 Å². The summed E-state index contributed by atoms with van der Waals surface area (Å²) in [4.78, 5) is 0. The fraction of sp³-hybridized carbons (Fsp3) is 0.250. The summed E-state index contributed by atoms with van der Waals surface area (Å²) in [5, 5.41) is 3.29. The van der Waals surface area contributed by atoms with Gasteiger partial charge in [-0.2, -0.15) is 0 Å². The van der Waals surface area contributed by atoms with Crippen LogP contribution in [-0.4, -0.2) is 13.7 Å². The highest BCUT2D eigenvalue weighted by Gasteiger charge is 2.19. The molecule has 0 aliphatic rings. The van der Waals surface area contributed by atoms with E-state index in [4.69, 9.17) is 4.74 Å². The number of hydrogen-bond donors (Lipinski definition) is 1. The lowest BCUT2D eigenvalue weighted by Crippen LogP contribution is -2.20. The van der Waals surface area contributed by atoms with Crippen molar-refractivity contribution < 1.29 is 9.13 Å². The first-order valence-electron chi connectivity index (χ1n) is 6.61. The molecule has 0 aromatic heterocycles. The lowest BCUT2D eigenvalue weighted by Gasteiger charge is -2.22. The minimum atomic E-state index is -0.225. The first-order chi connectivity index (χ1) is 10.1. The Morgan fingerprint density at radius 2 is 2.00 bits per heavy atom. The topological polar surface area (TPSA) is 21.3 Å². The molecular formula is C16H16BrFINO. The van der Waals surface area contributed by atoms with Crippen molar-refractivity contribution in [2.24, 2.45) is 0 Å². The van der Waals surface area contributed by atoms with Gasteiger partial charge in [-0.15, -0.1) is 0 Å². The zero-order chi connectivity index (χ0) is 15.4. The molecule has 112 valence electrons. The van der Waals surface area contributed by atoms with Crippen molar-refractivity contribution in [3.8, 4) is 5.75 Å². The normalized spacial score (nSPS) is 12.2. The Labute approximate surface area is 146 Å². The largest absolute Gasteiger partial charge is 0.494 e. The van der Waals surface area contributed by atoms with Crippen molar-refractivity contribution in [2.45, 2.75) is 13.0 Å². The van der Waals surface area contributed by atoms with Crippen molar-refractivity contribution in [2.75, 3.05) is 13.7 Å². The lowest BCUT2D eigenvalue weighted by atomic mass is 9.98. The van der Waals surface area contributed by atoms with Crippen LogP contribution in [-0.2, 0) is 0 Å². The Morgan fingerprint density at radius 1 is 1.24 bits per heavy atom. The van der Waals surface area contributed by atoms with Crippen molar-refractivity contribution in [3.05, 3.63) is 61.4 Å². The molecule has 2 aromatic rings. The third-order valence-corrected chi connectivity index (χ3v) is 4.57. The highest BCUT2D eigenvalue weighted by molar-refractivity contribution is 14.1. The summed E-state index contributed by atoms with van der Waals surface area (Å²) in [6.07, 6.45) is 0. The predicted octanol–water partition coefficient (Wildman–Crippen LogP) is 4.90. The number of ether oxygens (including phenoxy) is 1. The molecule has 0 aliphatic heterocycles. The van der Waals surface area contributed by atoms with Gasteiger partial charge >= 0.3 is 0 Å². The molecule has 2 rings (SSSR count). The summed E-state index contributed by atoms with van der Waals surface area (Å²) in [6.45, 7) is 2.56. The van der Waals surface area contributed by atoms with Crippen LogP contribution in [0.5, 0.6) is 5.75 Å². The molecule has 21 heavy (non-hydrogen) atoms. The van der Waals surface area contributed by atoms with Gasteiger partial charge < -0.3 is 10.1 Å². The molecule has 0 aliphatic carbocycles. The molecule has 1 atom stereocenters. The highest BCUT2D eigenvalue weighted by Crippen LogP contribution is 2.34. The second kappa shape index (κ2) is 7.56. The number of rotatable bonds is 5. The van der Waals surface area contributed by atoms with E-state index in [9.17, 15) is 4.39 Å². The summed E-state index contributed by atoms with van der Waals surface area (Å²) in [5.41, 5.74) is 2.05. The van der Waals surface area contributed by atoms with Crippen molar-refractivity contribution in [1.82, 2.24) is 5.32 Å². The van der Waals surface area contributed by atoms with Gasteiger partial charge in [0.1, 0.15) is 11.6 Å². The fourth-order valence-electron chi connectivity index (χ4n) is 2.25. The van der Waals surface area contributed by atoms with E-state index in [0.717, 1.165) is 24.9 Å². The van der Waals surface area contributed by atoms with Crippen LogP contribution in [0.2, 0.25) is 0 Å². The molecule has 0 heterocycles. The third-order valence-electron chi connectivity index (χ3n) is 3.14. The molecule has 1 unspecified atom stereocenters. The van der Waals surface area contributed by atoms with Crippen LogP contribution in [0, 0.1) is 9.39 Å². The Hall–Kier alpha value is -0.660. The van der Waals surface area contributed by atoms with Crippen LogP contribution in [0.1, 0.15) is 24.1 Å². The molecule has 2 nitrogen and oxygen atoms in total.